The SMILES string of the molecule is CCCCCCCCCCCCC(=O)O[C@H](COC(=O)CCCCCCCCC)COP(=O)(O)OCCN. The average Bonchev–Trinajstić information content (AvgIpc) is 2.89. The Balaban J connectivity index is 4.34. The van der Waals surface area contributed by atoms with E-state index in [2.05, 4.69) is 13.8 Å². The zero-order valence-electron chi connectivity index (χ0n) is 24.2. The lowest BCUT2D eigenvalue weighted by Crippen LogP contribution is -2.29. The van der Waals surface area contributed by atoms with Gasteiger partial charge in [0.15, 0.2) is 6.10 Å². The van der Waals surface area contributed by atoms with Crippen molar-refractivity contribution in [2.24, 2.45) is 5.73 Å². The van der Waals surface area contributed by atoms with Crippen molar-refractivity contribution >= 4 is 19.8 Å². The molecule has 0 saturated carbocycles. The highest BCUT2D eigenvalue weighted by Gasteiger charge is 2.25. The molecule has 0 rings (SSSR count). The van der Waals surface area contributed by atoms with Gasteiger partial charge >= 0.3 is 19.8 Å². The largest absolute Gasteiger partial charge is 0.472 e. The van der Waals surface area contributed by atoms with E-state index in [1.807, 2.05) is 0 Å². The van der Waals surface area contributed by atoms with Gasteiger partial charge in [-0.1, -0.05) is 110 Å². The highest BCUT2D eigenvalue weighted by atomic mass is 31.2. The van der Waals surface area contributed by atoms with Crippen LogP contribution in [-0.4, -0.2) is 49.3 Å². The van der Waals surface area contributed by atoms with E-state index in [4.69, 9.17) is 24.3 Å². The van der Waals surface area contributed by atoms with E-state index in [0.717, 1.165) is 32.1 Å². The van der Waals surface area contributed by atoms with E-state index in [-0.39, 0.29) is 38.6 Å². The van der Waals surface area contributed by atoms with Crippen LogP contribution in [0.2, 0.25) is 0 Å². The van der Waals surface area contributed by atoms with E-state index in [1.54, 1.807) is 0 Å². The number of carbonyl (C=O) groups excluding carboxylic acids is 2. The third-order valence-corrected chi connectivity index (χ3v) is 7.23. The van der Waals surface area contributed by atoms with Crippen LogP contribution < -0.4 is 5.73 Å². The van der Waals surface area contributed by atoms with Crippen molar-refractivity contribution in [1.29, 1.82) is 0 Å². The molecule has 3 N–H and O–H groups in total. The van der Waals surface area contributed by atoms with Gasteiger partial charge in [-0.25, -0.2) is 4.57 Å². The van der Waals surface area contributed by atoms with Gasteiger partial charge in [0.1, 0.15) is 6.61 Å². The summed E-state index contributed by atoms with van der Waals surface area (Å²) in [5.74, 6) is -0.835. The van der Waals surface area contributed by atoms with Crippen LogP contribution in [0.4, 0.5) is 0 Å². The van der Waals surface area contributed by atoms with Crippen molar-refractivity contribution in [2.45, 2.75) is 142 Å². The Morgan fingerprint density at radius 1 is 0.684 bits per heavy atom. The number of unbranched alkanes of at least 4 members (excludes halogenated alkanes) is 15. The second-order valence-electron chi connectivity index (χ2n) is 9.98. The van der Waals surface area contributed by atoms with Gasteiger partial charge < -0.3 is 20.1 Å². The summed E-state index contributed by atoms with van der Waals surface area (Å²) in [7, 11) is -4.35. The lowest BCUT2D eigenvalue weighted by molar-refractivity contribution is -0.161. The van der Waals surface area contributed by atoms with Crippen LogP contribution in [0.1, 0.15) is 136 Å². The molecule has 0 heterocycles. The van der Waals surface area contributed by atoms with Crippen LogP contribution in [0.15, 0.2) is 0 Å². The maximum atomic E-state index is 12.4. The minimum atomic E-state index is -4.35. The fourth-order valence-electron chi connectivity index (χ4n) is 3.98. The minimum absolute atomic E-state index is 0.0569. The number of phosphoric acid groups is 1. The van der Waals surface area contributed by atoms with Gasteiger partial charge in [0.2, 0.25) is 0 Å². The van der Waals surface area contributed by atoms with E-state index >= 15 is 0 Å². The fourth-order valence-corrected chi connectivity index (χ4v) is 4.75. The summed E-state index contributed by atoms with van der Waals surface area (Å²) in [5, 5.41) is 0. The molecule has 0 radical (unpaired) electrons. The van der Waals surface area contributed by atoms with Crippen LogP contribution in [0.5, 0.6) is 0 Å². The molecule has 226 valence electrons. The molecule has 0 amide bonds. The van der Waals surface area contributed by atoms with Gasteiger partial charge in [0.05, 0.1) is 13.2 Å². The zero-order chi connectivity index (χ0) is 28.3. The highest BCUT2D eigenvalue weighted by molar-refractivity contribution is 7.47. The Hall–Kier alpha value is -0.990. The first-order valence-electron chi connectivity index (χ1n) is 15.0. The summed E-state index contributed by atoms with van der Waals surface area (Å²) < 4.78 is 32.3. The number of phosphoric ester groups is 1. The summed E-state index contributed by atoms with van der Waals surface area (Å²) in [6.07, 6.45) is 18.7. The Labute approximate surface area is 231 Å². The van der Waals surface area contributed by atoms with Crippen LogP contribution in [0, 0.1) is 0 Å². The van der Waals surface area contributed by atoms with Crippen molar-refractivity contribution < 1.29 is 37.6 Å². The second-order valence-corrected chi connectivity index (χ2v) is 11.4. The van der Waals surface area contributed by atoms with E-state index in [1.165, 1.54) is 70.6 Å². The number of hydrogen-bond acceptors (Lipinski definition) is 8. The number of nitrogens with two attached hydrogens (primary N) is 1. The molecule has 0 aliphatic carbocycles. The van der Waals surface area contributed by atoms with Crippen molar-refractivity contribution in [3.63, 3.8) is 0 Å². The highest BCUT2D eigenvalue weighted by Crippen LogP contribution is 2.43. The Morgan fingerprint density at radius 2 is 1.13 bits per heavy atom. The Morgan fingerprint density at radius 3 is 1.61 bits per heavy atom. The molecule has 1 unspecified atom stereocenters. The van der Waals surface area contributed by atoms with Gasteiger partial charge in [0, 0.05) is 19.4 Å². The maximum absolute atomic E-state index is 12.4. The maximum Gasteiger partial charge on any atom is 0.472 e. The third kappa shape index (κ3) is 25.3. The molecule has 10 heteroatoms. The van der Waals surface area contributed by atoms with Gasteiger partial charge in [0.25, 0.3) is 0 Å². The molecule has 38 heavy (non-hydrogen) atoms. The number of carbonyl (C=O) groups is 2. The number of rotatable bonds is 28. The van der Waals surface area contributed by atoms with Gasteiger partial charge in [-0.05, 0) is 12.8 Å². The second kappa shape index (κ2) is 26.2. The lowest BCUT2D eigenvalue weighted by Gasteiger charge is -2.19. The quantitative estimate of drug-likeness (QED) is 0.0585. The summed E-state index contributed by atoms with van der Waals surface area (Å²) in [4.78, 5) is 34.2. The minimum Gasteiger partial charge on any atom is -0.462 e. The smallest absolute Gasteiger partial charge is 0.462 e. The monoisotopic (exact) mass is 565 g/mol. The van der Waals surface area contributed by atoms with Crippen molar-refractivity contribution in [3.05, 3.63) is 0 Å². The molecule has 0 aromatic carbocycles. The molecule has 0 saturated heterocycles. The Kier molecular flexibility index (Phi) is 25.6. The van der Waals surface area contributed by atoms with Gasteiger partial charge in [-0.2, -0.15) is 0 Å². The molecule has 0 spiro atoms. The van der Waals surface area contributed by atoms with Crippen LogP contribution in [0.3, 0.4) is 0 Å². The molecule has 0 bridgehead atoms. The molecule has 0 aromatic heterocycles. The van der Waals surface area contributed by atoms with Crippen LogP contribution in [-0.2, 0) is 32.7 Å². The molecule has 9 nitrogen and oxygen atoms in total. The number of esters is 2. The fraction of sp³-hybridized carbons (Fsp3) is 0.929. The first kappa shape index (κ1) is 37.0. The van der Waals surface area contributed by atoms with Crippen molar-refractivity contribution in [2.75, 3.05) is 26.4 Å². The summed E-state index contributed by atoms with van der Waals surface area (Å²) in [5.41, 5.74) is 5.29. The lowest BCUT2D eigenvalue weighted by atomic mass is 10.1. The summed E-state index contributed by atoms with van der Waals surface area (Å²) in [6.45, 7) is 3.64. The molecule has 0 aliphatic rings. The third-order valence-electron chi connectivity index (χ3n) is 6.24. The normalized spacial score (nSPS) is 13.7. The van der Waals surface area contributed by atoms with E-state index in [9.17, 15) is 19.0 Å². The molecular weight excluding hydrogens is 509 g/mol. The van der Waals surface area contributed by atoms with E-state index < -0.39 is 26.5 Å². The zero-order valence-corrected chi connectivity index (χ0v) is 25.1. The first-order valence-corrected chi connectivity index (χ1v) is 16.5. The van der Waals surface area contributed by atoms with Crippen LogP contribution in [0.25, 0.3) is 0 Å². The molecular formula is C28H56NO8P. The van der Waals surface area contributed by atoms with Gasteiger partial charge in [-0.3, -0.25) is 18.6 Å². The predicted molar refractivity (Wildman–Crippen MR) is 151 cm³/mol. The molecule has 0 fully saturated rings. The van der Waals surface area contributed by atoms with Crippen LogP contribution >= 0.6 is 7.82 Å². The van der Waals surface area contributed by atoms with Crippen molar-refractivity contribution in [3.8, 4) is 0 Å². The number of hydrogen-bond donors (Lipinski definition) is 2. The molecule has 2 atom stereocenters. The topological polar surface area (TPSA) is 134 Å². The molecule has 0 aromatic rings. The first-order chi connectivity index (χ1) is 18.3. The summed E-state index contributed by atoms with van der Waals surface area (Å²) >= 11 is 0. The number of ether oxygens (including phenoxy) is 2. The summed E-state index contributed by atoms with van der Waals surface area (Å²) in [6, 6.07) is 0. The standard InChI is InChI=1S/C28H56NO8P/c1-3-5-7-9-11-12-13-15-17-19-21-28(31)37-26(25-36-38(32,33)35-23-22-29)24-34-27(30)20-18-16-14-10-8-6-4-2/h26H,3-25,29H2,1-2H3,(H,32,33)/t26-/m1/s1. The predicted octanol–water partition coefficient (Wildman–Crippen LogP) is 6.99. The average molecular weight is 566 g/mol. The molecule has 0 aliphatic heterocycles. The van der Waals surface area contributed by atoms with Gasteiger partial charge in [-0.15, -0.1) is 0 Å². The van der Waals surface area contributed by atoms with E-state index in [0.29, 0.717) is 6.42 Å². The van der Waals surface area contributed by atoms with Crippen molar-refractivity contribution in [1.82, 2.24) is 0 Å². The Bertz CT molecular complexity index is 620.